The van der Waals surface area contributed by atoms with Crippen LogP contribution in [0.4, 0.5) is 11.4 Å². The molecule has 0 aliphatic rings. The molecule has 2 rings (SSSR count). The molecule has 0 spiro atoms. The predicted octanol–water partition coefficient (Wildman–Crippen LogP) is 2.89. The molecular formula is C19H20N2O4. The van der Waals surface area contributed by atoms with E-state index in [1.807, 2.05) is 0 Å². The van der Waals surface area contributed by atoms with E-state index < -0.39 is 0 Å². The first-order valence-corrected chi connectivity index (χ1v) is 7.73. The van der Waals surface area contributed by atoms with Crippen molar-refractivity contribution in [1.82, 2.24) is 0 Å². The average Bonchev–Trinajstić information content (AvgIpc) is 2.59. The smallest absolute Gasteiger partial charge is 0.244 e. The van der Waals surface area contributed by atoms with Gasteiger partial charge < -0.3 is 15.0 Å². The van der Waals surface area contributed by atoms with Crippen LogP contribution in [0.1, 0.15) is 24.2 Å². The number of rotatable bonds is 6. The van der Waals surface area contributed by atoms with E-state index in [1.165, 1.54) is 18.7 Å². The third kappa shape index (κ3) is 4.91. The van der Waals surface area contributed by atoms with Crippen LogP contribution in [0.25, 0.3) is 0 Å². The number of nitrogens with one attached hydrogen (secondary N) is 1. The van der Waals surface area contributed by atoms with Gasteiger partial charge in [-0.3, -0.25) is 14.4 Å². The standard InChI is InChI=1S/C19H20N2O4/c1-13(22)15-7-9-17(10-8-15)21(14(2)23)12-19(24)20-16-5-4-6-18(11-16)25-3/h4-11H,12H2,1-3H3,(H,20,24). The Hall–Kier alpha value is -3.15. The molecule has 0 bridgehead atoms. The number of methoxy groups -OCH3 is 1. The maximum Gasteiger partial charge on any atom is 0.244 e. The summed E-state index contributed by atoms with van der Waals surface area (Å²) in [4.78, 5) is 36.9. The zero-order chi connectivity index (χ0) is 18.4. The molecule has 2 aromatic carbocycles. The van der Waals surface area contributed by atoms with Crippen molar-refractivity contribution in [2.75, 3.05) is 23.9 Å². The van der Waals surface area contributed by atoms with Crippen molar-refractivity contribution in [3.8, 4) is 5.75 Å². The van der Waals surface area contributed by atoms with E-state index in [-0.39, 0.29) is 24.1 Å². The number of carbonyl (C=O) groups is 3. The Morgan fingerprint density at radius 3 is 2.28 bits per heavy atom. The topological polar surface area (TPSA) is 75.7 Å². The zero-order valence-electron chi connectivity index (χ0n) is 14.4. The molecule has 6 heteroatoms. The third-order valence-corrected chi connectivity index (χ3v) is 3.62. The van der Waals surface area contributed by atoms with Crippen LogP contribution in [0.3, 0.4) is 0 Å². The van der Waals surface area contributed by atoms with Gasteiger partial charge in [-0.15, -0.1) is 0 Å². The Morgan fingerprint density at radius 2 is 1.72 bits per heavy atom. The van der Waals surface area contributed by atoms with Gasteiger partial charge in [-0.05, 0) is 43.3 Å². The maximum atomic E-state index is 12.3. The highest BCUT2D eigenvalue weighted by molar-refractivity contribution is 6.02. The monoisotopic (exact) mass is 340 g/mol. The van der Waals surface area contributed by atoms with E-state index >= 15 is 0 Å². The van der Waals surface area contributed by atoms with Gasteiger partial charge in [0.25, 0.3) is 0 Å². The molecule has 0 atom stereocenters. The second kappa shape index (κ2) is 8.10. The van der Waals surface area contributed by atoms with Crippen LogP contribution in [0.5, 0.6) is 5.75 Å². The summed E-state index contributed by atoms with van der Waals surface area (Å²) in [5.41, 5.74) is 1.69. The van der Waals surface area contributed by atoms with Crippen LogP contribution in [-0.4, -0.2) is 31.3 Å². The lowest BCUT2D eigenvalue weighted by Crippen LogP contribution is -2.36. The lowest BCUT2D eigenvalue weighted by atomic mass is 10.1. The number of anilines is 2. The molecule has 1 N–H and O–H groups in total. The molecule has 6 nitrogen and oxygen atoms in total. The molecule has 130 valence electrons. The molecule has 0 saturated heterocycles. The Kier molecular flexibility index (Phi) is 5.89. The van der Waals surface area contributed by atoms with E-state index in [4.69, 9.17) is 4.74 Å². The van der Waals surface area contributed by atoms with E-state index in [0.717, 1.165) is 0 Å². The van der Waals surface area contributed by atoms with Gasteiger partial charge >= 0.3 is 0 Å². The van der Waals surface area contributed by atoms with Crippen LogP contribution in [0.15, 0.2) is 48.5 Å². The van der Waals surface area contributed by atoms with Crippen molar-refractivity contribution in [3.05, 3.63) is 54.1 Å². The van der Waals surface area contributed by atoms with Crippen LogP contribution in [0.2, 0.25) is 0 Å². The fourth-order valence-electron chi connectivity index (χ4n) is 2.31. The number of amides is 2. The number of ketones is 1. The zero-order valence-corrected chi connectivity index (χ0v) is 14.4. The summed E-state index contributed by atoms with van der Waals surface area (Å²) in [5, 5.41) is 2.73. The van der Waals surface area contributed by atoms with E-state index in [0.29, 0.717) is 22.7 Å². The van der Waals surface area contributed by atoms with Crippen molar-refractivity contribution < 1.29 is 19.1 Å². The van der Waals surface area contributed by atoms with Gasteiger partial charge in [-0.2, -0.15) is 0 Å². The molecule has 2 amide bonds. The average molecular weight is 340 g/mol. The normalized spacial score (nSPS) is 10.0. The second-order valence-corrected chi connectivity index (χ2v) is 5.49. The van der Waals surface area contributed by atoms with Gasteiger partial charge in [0, 0.05) is 29.9 Å². The first kappa shape index (κ1) is 18.2. The van der Waals surface area contributed by atoms with Gasteiger partial charge in [0.15, 0.2) is 5.78 Å². The van der Waals surface area contributed by atoms with Crippen molar-refractivity contribution in [2.45, 2.75) is 13.8 Å². The molecule has 0 aromatic heterocycles. The summed E-state index contributed by atoms with van der Waals surface area (Å²) in [6, 6.07) is 13.5. The summed E-state index contributed by atoms with van der Waals surface area (Å²) < 4.78 is 5.11. The lowest BCUT2D eigenvalue weighted by molar-refractivity contribution is -0.120. The fourth-order valence-corrected chi connectivity index (χ4v) is 2.31. The Morgan fingerprint density at radius 1 is 1.04 bits per heavy atom. The van der Waals surface area contributed by atoms with Gasteiger partial charge in [-0.1, -0.05) is 6.07 Å². The van der Waals surface area contributed by atoms with E-state index in [2.05, 4.69) is 5.32 Å². The number of Topliss-reactive ketones (excluding diaryl/α,β-unsaturated/α-hetero) is 1. The highest BCUT2D eigenvalue weighted by atomic mass is 16.5. The summed E-state index contributed by atoms with van der Waals surface area (Å²) in [5.74, 6) is -0.0341. The molecule has 0 fully saturated rings. The first-order valence-electron chi connectivity index (χ1n) is 7.73. The highest BCUT2D eigenvalue weighted by Gasteiger charge is 2.16. The minimum absolute atomic E-state index is 0.0586. The first-order chi connectivity index (χ1) is 11.9. The van der Waals surface area contributed by atoms with Gasteiger partial charge in [-0.25, -0.2) is 0 Å². The van der Waals surface area contributed by atoms with E-state index in [9.17, 15) is 14.4 Å². The molecule has 2 aromatic rings. The molecular weight excluding hydrogens is 320 g/mol. The molecule has 0 aliphatic heterocycles. The van der Waals surface area contributed by atoms with Crippen LogP contribution >= 0.6 is 0 Å². The number of nitrogens with zero attached hydrogens (tertiary/aromatic N) is 1. The summed E-state index contributed by atoms with van der Waals surface area (Å²) >= 11 is 0. The van der Waals surface area contributed by atoms with Gasteiger partial charge in [0.2, 0.25) is 11.8 Å². The number of ether oxygens (including phenoxy) is 1. The van der Waals surface area contributed by atoms with Gasteiger partial charge in [0.1, 0.15) is 12.3 Å². The van der Waals surface area contributed by atoms with Crippen LogP contribution in [-0.2, 0) is 9.59 Å². The minimum Gasteiger partial charge on any atom is -0.497 e. The number of benzene rings is 2. The van der Waals surface area contributed by atoms with Crippen LogP contribution < -0.4 is 15.0 Å². The molecule has 0 saturated carbocycles. The quantitative estimate of drug-likeness (QED) is 0.821. The van der Waals surface area contributed by atoms with Crippen molar-refractivity contribution in [3.63, 3.8) is 0 Å². The second-order valence-electron chi connectivity index (χ2n) is 5.49. The SMILES string of the molecule is COc1cccc(NC(=O)CN(C(C)=O)c2ccc(C(C)=O)cc2)c1. The molecule has 25 heavy (non-hydrogen) atoms. The molecule has 0 radical (unpaired) electrons. The molecule has 0 heterocycles. The Balaban J connectivity index is 2.11. The number of hydrogen-bond donors (Lipinski definition) is 1. The third-order valence-electron chi connectivity index (χ3n) is 3.62. The Labute approximate surface area is 146 Å². The van der Waals surface area contributed by atoms with Crippen LogP contribution in [0, 0.1) is 0 Å². The maximum absolute atomic E-state index is 12.3. The predicted molar refractivity (Wildman–Crippen MR) is 96.1 cm³/mol. The number of carbonyl (C=O) groups excluding carboxylic acids is 3. The Bertz CT molecular complexity index is 784. The van der Waals surface area contributed by atoms with Crippen molar-refractivity contribution in [1.29, 1.82) is 0 Å². The summed E-state index contributed by atoms with van der Waals surface area (Å²) in [7, 11) is 1.54. The number of hydrogen-bond acceptors (Lipinski definition) is 4. The van der Waals surface area contributed by atoms with Crippen molar-refractivity contribution in [2.24, 2.45) is 0 Å². The van der Waals surface area contributed by atoms with E-state index in [1.54, 1.807) is 55.6 Å². The molecule has 0 unspecified atom stereocenters. The summed E-state index contributed by atoms with van der Waals surface area (Å²) in [6.07, 6.45) is 0. The lowest BCUT2D eigenvalue weighted by Gasteiger charge is -2.21. The minimum atomic E-state index is -0.334. The fraction of sp³-hybridized carbons (Fsp3) is 0.211. The van der Waals surface area contributed by atoms with Gasteiger partial charge in [0.05, 0.1) is 7.11 Å². The molecule has 0 aliphatic carbocycles. The van der Waals surface area contributed by atoms with Crippen molar-refractivity contribution >= 4 is 29.0 Å². The highest BCUT2D eigenvalue weighted by Crippen LogP contribution is 2.18. The summed E-state index contributed by atoms with van der Waals surface area (Å²) in [6.45, 7) is 2.73. The largest absolute Gasteiger partial charge is 0.497 e.